The molecule has 0 radical (unpaired) electrons. The van der Waals surface area contributed by atoms with Crippen molar-refractivity contribution in [2.45, 2.75) is 32.6 Å². The van der Waals surface area contributed by atoms with E-state index in [1.165, 1.54) is 25.7 Å². The summed E-state index contributed by atoms with van der Waals surface area (Å²) in [6.07, 6.45) is 6.64. The van der Waals surface area contributed by atoms with Gasteiger partial charge in [-0.2, -0.15) is 0 Å². The molecule has 1 aliphatic rings. The molecule has 1 heterocycles. The van der Waals surface area contributed by atoms with E-state index in [4.69, 9.17) is 0 Å². The van der Waals surface area contributed by atoms with Crippen molar-refractivity contribution < 1.29 is 4.79 Å². The Morgan fingerprint density at radius 3 is 2.83 bits per heavy atom. The van der Waals surface area contributed by atoms with Crippen LogP contribution in [-0.2, 0) is 0 Å². The number of nitrogens with one attached hydrogen (secondary N) is 2. The van der Waals surface area contributed by atoms with Crippen molar-refractivity contribution in [3.63, 3.8) is 0 Å². The molecule has 1 aliphatic carbocycles. The van der Waals surface area contributed by atoms with E-state index in [0.717, 1.165) is 12.4 Å². The third-order valence-corrected chi connectivity index (χ3v) is 3.76. The lowest BCUT2D eigenvalue weighted by Gasteiger charge is -2.23. The van der Waals surface area contributed by atoms with Crippen LogP contribution in [0.3, 0.4) is 0 Å². The average molecular weight is 247 g/mol. The summed E-state index contributed by atoms with van der Waals surface area (Å²) >= 11 is 0. The predicted molar refractivity (Wildman–Crippen MR) is 72.7 cm³/mol. The summed E-state index contributed by atoms with van der Waals surface area (Å²) in [5, 5.41) is 5.97. The molecule has 98 valence electrons. The van der Waals surface area contributed by atoms with Crippen LogP contribution in [-0.4, -0.2) is 24.5 Å². The summed E-state index contributed by atoms with van der Waals surface area (Å²) < 4.78 is 0. The second-order valence-corrected chi connectivity index (χ2v) is 5.38. The number of anilines is 1. The number of pyridine rings is 1. The number of amides is 1. The number of carbonyl (C=O) groups excluding carboxylic acids is 1. The lowest BCUT2D eigenvalue weighted by molar-refractivity contribution is 0.0934. The second-order valence-electron chi connectivity index (χ2n) is 5.38. The Morgan fingerprint density at radius 1 is 1.44 bits per heavy atom. The second kappa shape index (κ2) is 5.38. The molecule has 0 aromatic carbocycles. The summed E-state index contributed by atoms with van der Waals surface area (Å²) in [4.78, 5) is 16.1. The Hall–Kier alpha value is -1.58. The van der Waals surface area contributed by atoms with E-state index in [1.807, 2.05) is 0 Å². The van der Waals surface area contributed by atoms with Crippen LogP contribution in [0.15, 0.2) is 18.3 Å². The highest BCUT2D eigenvalue weighted by Crippen LogP contribution is 2.36. The van der Waals surface area contributed by atoms with Gasteiger partial charge in [-0.25, -0.2) is 4.98 Å². The van der Waals surface area contributed by atoms with E-state index in [1.54, 1.807) is 25.4 Å². The summed E-state index contributed by atoms with van der Waals surface area (Å²) in [7, 11) is 1.80. The van der Waals surface area contributed by atoms with Crippen molar-refractivity contribution in [3.05, 3.63) is 23.9 Å². The Balaban J connectivity index is 1.94. The van der Waals surface area contributed by atoms with Gasteiger partial charge in [0.1, 0.15) is 5.82 Å². The monoisotopic (exact) mass is 247 g/mol. The Kier molecular flexibility index (Phi) is 3.84. The molecule has 0 bridgehead atoms. The normalized spacial score (nSPS) is 17.4. The van der Waals surface area contributed by atoms with Crippen LogP contribution < -0.4 is 10.6 Å². The van der Waals surface area contributed by atoms with Gasteiger partial charge in [0.25, 0.3) is 5.91 Å². The van der Waals surface area contributed by atoms with Crippen molar-refractivity contribution >= 4 is 11.7 Å². The number of nitrogens with zero attached hydrogens (tertiary/aromatic N) is 1. The van der Waals surface area contributed by atoms with Gasteiger partial charge in [0.05, 0.1) is 0 Å². The SMILES string of the molecule is CNc1cc(C(=O)NCC2(C)CCCC2)ccn1. The first-order valence-corrected chi connectivity index (χ1v) is 6.55. The molecule has 0 aliphatic heterocycles. The van der Waals surface area contributed by atoms with E-state index < -0.39 is 0 Å². The van der Waals surface area contributed by atoms with Crippen LogP contribution >= 0.6 is 0 Å². The standard InChI is InChI=1S/C14H21N3O/c1-14(6-3-4-7-14)10-17-13(18)11-5-8-16-12(9-11)15-2/h5,8-9H,3-4,6-7,10H2,1-2H3,(H,15,16)(H,17,18). The summed E-state index contributed by atoms with van der Waals surface area (Å²) in [6.45, 7) is 3.02. The Labute approximate surface area is 108 Å². The third kappa shape index (κ3) is 3.00. The number of aromatic nitrogens is 1. The van der Waals surface area contributed by atoms with Crippen molar-refractivity contribution in [3.8, 4) is 0 Å². The Bertz CT molecular complexity index is 425. The topological polar surface area (TPSA) is 54.0 Å². The van der Waals surface area contributed by atoms with Crippen molar-refractivity contribution in [2.75, 3.05) is 18.9 Å². The van der Waals surface area contributed by atoms with Crippen molar-refractivity contribution in [1.82, 2.24) is 10.3 Å². The maximum Gasteiger partial charge on any atom is 0.251 e. The molecule has 1 saturated carbocycles. The maximum atomic E-state index is 12.0. The molecule has 4 heteroatoms. The highest BCUT2D eigenvalue weighted by atomic mass is 16.1. The number of hydrogen-bond acceptors (Lipinski definition) is 3. The molecular formula is C14H21N3O. The molecule has 2 rings (SSSR count). The fourth-order valence-electron chi connectivity index (χ4n) is 2.51. The molecule has 0 atom stereocenters. The molecule has 4 nitrogen and oxygen atoms in total. The van der Waals surface area contributed by atoms with Crippen LogP contribution in [0.2, 0.25) is 0 Å². The summed E-state index contributed by atoms with van der Waals surface area (Å²) in [5.74, 6) is 0.705. The first kappa shape index (κ1) is 12.9. The quantitative estimate of drug-likeness (QED) is 0.859. The average Bonchev–Trinajstić information content (AvgIpc) is 2.83. The molecule has 0 spiro atoms. The van der Waals surface area contributed by atoms with E-state index in [2.05, 4.69) is 22.5 Å². The lowest BCUT2D eigenvalue weighted by atomic mass is 9.89. The number of hydrogen-bond donors (Lipinski definition) is 2. The number of carbonyl (C=O) groups is 1. The number of rotatable bonds is 4. The molecule has 1 aromatic heterocycles. The molecule has 1 fully saturated rings. The van der Waals surface area contributed by atoms with Gasteiger partial charge in [-0.1, -0.05) is 19.8 Å². The lowest BCUT2D eigenvalue weighted by Crippen LogP contribution is -2.34. The predicted octanol–water partition coefficient (Wildman–Crippen LogP) is 2.43. The maximum absolute atomic E-state index is 12.0. The van der Waals surface area contributed by atoms with Crippen LogP contribution in [0, 0.1) is 5.41 Å². The van der Waals surface area contributed by atoms with Gasteiger partial charge in [0.2, 0.25) is 0 Å². The van der Waals surface area contributed by atoms with Crippen LogP contribution in [0.1, 0.15) is 43.0 Å². The first-order chi connectivity index (χ1) is 8.63. The van der Waals surface area contributed by atoms with Crippen LogP contribution in [0.25, 0.3) is 0 Å². The molecule has 1 aromatic rings. The third-order valence-electron chi connectivity index (χ3n) is 3.76. The molecule has 18 heavy (non-hydrogen) atoms. The zero-order valence-corrected chi connectivity index (χ0v) is 11.1. The van der Waals surface area contributed by atoms with Gasteiger partial charge < -0.3 is 10.6 Å². The summed E-state index contributed by atoms with van der Waals surface area (Å²) in [6, 6.07) is 3.51. The first-order valence-electron chi connectivity index (χ1n) is 6.55. The van der Waals surface area contributed by atoms with Gasteiger partial charge in [-0.05, 0) is 30.4 Å². The van der Waals surface area contributed by atoms with Crippen LogP contribution in [0.5, 0.6) is 0 Å². The van der Waals surface area contributed by atoms with Gasteiger partial charge in [-0.15, -0.1) is 0 Å². The molecule has 2 N–H and O–H groups in total. The van der Waals surface area contributed by atoms with Gasteiger partial charge in [-0.3, -0.25) is 4.79 Å². The zero-order valence-electron chi connectivity index (χ0n) is 11.1. The molecule has 0 unspecified atom stereocenters. The van der Waals surface area contributed by atoms with Gasteiger partial charge >= 0.3 is 0 Å². The van der Waals surface area contributed by atoms with Gasteiger partial charge in [0, 0.05) is 25.4 Å². The van der Waals surface area contributed by atoms with Crippen molar-refractivity contribution in [2.24, 2.45) is 5.41 Å². The fourth-order valence-corrected chi connectivity index (χ4v) is 2.51. The smallest absolute Gasteiger partial charge is 0.251 e. The van der Waals surface area contributed by atoms with Crippen molar-refractivity contribution in [1.29, 1.82) is 0 Å². The van der Waals surface area contributed by atoms with Gasteiger partial charge in [0.15, 0.2) is 0 Å². The molecular weight excluding hydrogens is 226 g/mol. The molecule has 0 saturated heterocycles. The fraction of sp³-hybridized carbons (Fsp3) is 0.571. The minimum absolute atomic E-state index is 0.0120. The van der Waals surface area contributed by atoms with E-state index in [0.29, 0.717) is 5.56 Å². The van der Waals surface area contributed by atoms with E-state index in [9.17, 15) is 4.79 Å². The minimum Gasteiger partial charge on any atom is -0.373 e. The largest absolute Gasteiger partial charge is 0.373 e. The minimum atomic E-state index is -0.0120. The summed E-state index contributed by atoms with van der Waals surface area (Å²) in [5.41, 5.74) is 0.949. The molecule has 1 amide bonds. The highest BCUT2D eigenvalue weighted by Gasteiger charge is 2.28. The Morgan fingerprint density at radius 2 is 2.17 bits per heavy atom. The van der Waals surface area contributed by atoms with E-state index in [-0.39, 0.29) is 11.3 Å². The van der Waals surface area contributed by atoms with Crippen LogP contribution in [0.4, 0.5) is 5.82 Å². The van der Waals surface area contributed by atoms with E-state index >= 15 is 0 Å². The zero-order chi connectivity index (χ0) is 13.0. The highest BCUT2D eigenvalue weighted by molar-refractivity contribution is 5.94.